The Morgan fingerprint density at radius 3 is 2.75 bits per heavy atom. The Balaban J connectivity index is 1.91. The number of halogens is 2. The zero-order valence-electron chi connectivity index (χ0n) is 11.0. The first-order valence-electron chi connectivity index (χ1n) is 6.58. The number of benzene rings is 1. The van der Waals surface area contributed by atoms with E-state index in [1.165, 1.54) is 0 Å². The van der Waals surface area contributed by atoms with Crippen LogP contribution in [0.5, 0.6) is 0 Å². The molecule has 0 radical (unpaired) electrons. The van der Waals surface area contributed by atoms with E-state index in [0.29, 0.717) is 19.5 Å². The summed E-state index contributed by atoms with van der Waals surface area (Å²) in [6, 6.07) is 9.60. The lowest BCUT2D eigenvalue weighted by Gasteiger charge is -2.24. The van der Waals surface area contributed by atoms with Crippen LogP contribution in [0, 0.1) is 0 Å². The maximum Gasteiger partial charge on any atom is 0.315 e. The van der Waals surface area contributed by atoms with Crippen molar-refractivity contribution in [1.29, 1.82) is 0 Å². The fourth-order valence-electron chi connectivity index (χ4n) is 2.48. The third kappa shape index (κ3) is 3.98. The number of aliphatic hydroxyl groups is 1. The van der Waals surface area contributed by atoms with E-state index in [-0.39, 0.29) is 12.6 Å². The van der Waals surface area contributed by atoms with Gasteiger partial charge in [0, 0.05) is 25.7 Å². The van der Waals surface area contributed by atoms with E-state index in [2.05, 4.69) is 5.32 Å². The molecule has 4 nitrogen and oxygen atoms in total. The summed E-state index contributed by atoms with van der Waals surface area (Å²) in [5.74, 6) is -1.26. The van der Waals surface area contributed by atoms with Crippen molar-refractivity contribution in [3.63, 3.8) is 0 Å². The minimum atomic E-state index is -3.00. The van der Waals surface area contributed by atoms with Crippen LogP contribution in [0.3, 0.4) is 0 Å². The van der Waals surface area contributed by atoms with Gasteiger partial charge in [0.25, 0.3) is 5.91 Å². The number of alkyl halides is 2. The van der Waals surface area contributed by atoms with Gasteiger partial charge in [0.1, 0.15) is 0 Å². The van der Waals surface area contributed by atoms with E-state index in [4.69, 9.17) is 0 Å². The molecule has 1 aliphatic rings. The van der Waals surface area contributed by atoms with Crippen molar-refractivity contribution in [3.8, 4) is 0 Å². The minimum Gasteiger partial charge on any atom is -0.392 e. The van der Waals surface area contributed by atoms with Crippen molar-refractivity contribution in [3.05, 3.63) is 35.9 Å². The lowest BCUT2D eigenvalue weighted by Crippen LogP contribution is -2.41. The Labute approximate surface area is 116 Å². The molecule has 110 valence electrons. The molecule has 0 unspecified atom stereocenters. The summed E-state index contributed by atoms with van der Waals surface area (Å²) < 4.78 is 24.3. The normalized spacial score (nSPS) is 23.2. The first kappa shape index (κ1) is 14.9. The molecule has 20 heavy (non-hydrogen) atoms. The number of carbonyl (C=O) groups is 1. The highest BCUT2D eigenvalue weighted by Crippen LogP contribution is 2.20. The van der Waals surface area contributed by atoms with Gasteiger partial charge in [0.15, 0.2) is 0 Å². The Morgan fingerprint density at radius 1 is 1.40 bits per heavy atom. The first-order valence-corrected chi connectivity index (χ1v) is 6.58. The predicted octanol–water partition coefficient (Wildman–Crippen LogP) is 1.00. The summed E-state index contributed by atoms with van der Waals surface area (Å²) in [6.07, 6.45) is -2.99. The van der Waals surface area contributed by atoms with Gasteiger partial charge in [0.2, 0.25) is 0 Å². The average molecular weight is 284 g/mol. The van der Waals surface area contributed by atoms with Crippen LogP contribution in [0.1, 0.15) is 12.0 Å². The number of carbonyl (C=O) groups excluding carboxylic acids is 1. The molecule has 1 aliphatic heterocycles. The Kier molecular flexibility index (Phi) is 5.03. The molecule has 1 aromatic carbocycles. The lowest BCUT2D eigenvalue weighted by molar-refractivity contribution is -0.131. The molecule has 0 spiro atoms. The Morgan fingerprint density at radius 2 is 2.10 bits per heavy atom. The smallest absolute Gasteiger partial charge is 0.315 e. The van der Waals surface area contributed by atoms with Crippen LogP contribution in [0.2, 0.25) is 0 Å². The summed E-state index contributed by atoms with van der Waals surface area (Å²) in [4.78, 5) is 12.9. The topological polar surface area (TPSA) is 52.6 Å². The SMILES string of the molecule is O=C(NC[C@@H]1C[C@@H](O)CN1Cc1ccccc1)C(F)F. The van der Waals surface area contributed by atoms with E-state index < -0.39 is 18.4 Å². The summed E-state index contributed by atoms with van der Waals surface area (Å²) in [6.45, 7) is 1.25. The molecule has 0 saturated carbocycles. The fourth-order valence-corrected chi connectivity index (χ4v) is 2.48. The number of aliphatic hydroxyl groups excluding tert-OH is 1. The standard InChI is InChI=1S/C14H18F2N2O2/c15-13(16)14(20)17-7-11-6-12(19)9-18(11)8-10-4-2-1-3-5-10/h1-5,11-13,19H,6-9H2,(H,17,20)/t11-,12+/m0/s1. The molecule has 1 aromatic rings. The van der Waals surface area contributed by atoms with Crippen LogP contribution >= 0.6 is 0 Å². The Hall–Kier alpha value is -1.53. The first-order chi connectivity index (χ1) is 9.56. The van der Waals surface area contributed by atoms with Crippen molar-refractivity contribution >= 4 is 5.91 Å². The van der Waals surface area contributed by atoms with Crippen LogP contribution in [0.15, 0.2) is 30.3 Å². The average Bonchev–Trinajstić information content (AvgIpc) is 2.77. The van der Waals surface area contributed by atoms with Gasteiger partial charge in [-0.05, 0) is 12.0 Å². The molecule has 0 aromatic heterocycles. The number of likely N-dealkylation sites (tertiary alicyclic amines) is 1. The number of nitrogens with zero attached hydrogens (tertiary/aromatic N) is 1. The molecule has 0 bridgehead atoms. The molecule has 1 fully saturated rings. The van der Waals surface area contributed by atoms with E-state index in [9.17, 15) is 18.7 Å². The third-order valence-corrected chi connectivity index (χ3v) is 3.44. The largest absolute Gasteiger partial charge is 0.392 e. The molecule has 2 atom stereocenters. The minimum absolute atomic E-state index is 0.118. The number of amides is 1. The zero-order valence-corrected chi connectivity index (χ0v) is 11.0. The van der Waals surface area contributed by atoms with Crippen molar-refractivity contribution in [2.45, 2.75) is 31.5 Å². The maximum atomic E-state index is 12.1. The number of β-amino-alcohol motifs (C(OH)–C–C–N with tert-alkyl or cyclic N) is 1. The molecule has 1 saturated heterocycles. The van der Waals surface area contributed by atoms with Crippen LogP contribution in [-0.4, -0.2) is 47.6 Å². The van der Waals surface area contributed by atoms with Gasteiger partial charge in [-0.2, -0.15) is 8.78 Å². The van der Waals surface area contributed by atoms with E-state index in [0.717, 1.165) is 5.56 Å². The van der Waals surface area contributed by atoms with Gasteiger partial charge in [-0.25, -0.2) is 0 Å². The van der Waals surface area contributed by atoms with Gasteiger partial charge in [-0.1, -0.05) is 30.3 Å². The molecular formula is C14H18F2N2O2. The molecule has 2 rings (SSSR count). The van der Waals surface area contributed by atoms with Crippen molar-refractivity contribution in [1.82, 2.24) is 10.2 Å². The fraction of sp³-hybridized carbons (Fsp3) is 0.500. The highest BCUT2D eigenvalue weighted by Gasteiger charge is 2.31. The second kappa shape index (κ2) is 6.76. The second-order valence-electron chi connectivity index (χ2n) is 5.00. The Bertz CT molecular complexity index is 442. The van der Waals surface area contributed by atoms with Gasteiger partial charge >= 0.3 is 6.43 Å². The molecule has 1 amide bonds. The zero-order chi connectivity index (χ0) is 14.5. The summed E-state index contributed by atoms with van der Waals surface area (Å²) in [5, 5.41) is 11.9. The van der Waals surface area contributed by atoms with Crippen molar-refractivity contribution in [2.75, 3.05) is 13.1 Å². The second-order valence-corrected chi connectivity index (χ2v) is 5.00. The van der Waals surface area contributed by atoms with Crippen LogP contribution in [0.4, 0.5) is 8.78 Å². The van der Waals surface area contributed by atoms with E-state index in [1.807, 2.05) is 35.2 Å². The number of hydrogen-bond acceptors (Lipinski definition) is 3. The highest BCUT2D eigenvalue weighted by molar-refractivity contribution is 5.79. The van der Waals surface area contributed by atoms with Gasteiger partial charge in [-0.15, -0.1) is 0 Å². The van der Waals surface area contributed by atoms with Gasteiger partial charge in [0.05, 0.1) is 6.10 Å². The van der Waals surface area contributed by atoms with Crippen molar-refractivity contribution in [2.24, 2.45) is 0 Å². The lowest BCUT2D eigenvalue weighted by atomic mass is 10.1. The summed E-state index contributed by atoms with van der Waals surface area (Å²) in [7, 11) is 0. The van der Waals surface area contributed by atoms with Gasteiger partial charge < -0.3 is 10.4 Å². The van der Waals surface area contributed by atoms with Gasteiger partial charge in [-0.3, -0.25) is 9.69 Å². The molecular weight excluding hydrogens is 266 g/mol. The number of rotatable bonds is 5. The summed E-state index contributed by atoms with van der Waals surface area (Å²) >= 11 is 0. The molecule has 2 N–H and O–H groups in total. The van der Waals surface area contributed by atoms with Crippen LogP contribution in [-0.2, 0) is 11.3 Å². The third-order valence-electron chi connectivity index (χ3n) is 3.44. The van der Waals surface area contributed by atoms with Crippen molar-refractivity contribution < 1.29 is 18.7 Å². The summed E-state index contributed by atoms with van der Waals surface area (Å²) in [5.41, 5.74) is 1.09. The molecule has 6 heteroatoms. The number of nitrogens with one attached hydrogen (secondary N) is 1. The highest BCUT2D eigenvalue weighted by atomic mass is 19.3. The predicted molar refractivity (Wildman–Crippen MR) is 70.3 cm³/mol. The number of hydrogen-bond donors (Lipinski definition) is 2. The molecule has 1 heterocycles. The molecule has 0 aliphatic carbocycles. The quantitative estimate of drug-likeness (QED) is 0.848. The van der Waals surface area contributed by atoms with Crippen LogP contribution < -0.4 is 5.32 Å². The van der Waals surface area contributed by atoms with E-state index in [1.54, 1.807) is 0 Å². The maximum absolute atomic E-state index is 12.1. The van der Waals surface area contributed by atoms with E-state index >= 15 is 0 Å². The monoisotopic (exact) mass is 284 g/mol. The van der Waals surface area contributed by atoms with Crippen LogP contribution in [0.25, 0.3) is 0 Å².